The summed E-state index contributed by atoms with van der Waals surface area (Å²) in [6, 6.07) is 1.27. The Morgan fingerprint density at radius 3 is 2.65 bits per heavy atom. The summed E-state index contributed by atoms with van der Waals surface area (Å²) in [7, 11) is -1.79. The van der Waals surface area contributed by atoms with Gasteiger partial charge in [0.15, 0.2) is 10.9 Å². The van der Waals surface area contributed by atoms with Crippen molar-refractivity contribution in [3.8, 4) is 0 Å². The predicted octanol–water partition coefficient (Wildman–Crippen LogP) is 3.62. The zero-order chi connectivity index (χ0) is 15.0. The summed E-state index contributed by atoms with van der Waals surface area (Å²) in [6.45, 7) is -1.05. The Labute approximate surface area is 125 Å². The molecule has 108 valence electrons. The second-order valence-corrected chi connectivity index (χ2v) is 6.42. The fourth-order valence-electron chi connectivity index (χ4n) is 1.58. The summed E-state index contributed by atoms with van der Waals surface area (Å²) in [5.74, 6) is -1.39. The first-order chi connectivity index (χ1) is 9.36. The number of aromatic carboxylic acids is 1. The van der Waals surface area contributed by atoms with Gasteiger partial charge >= 0.3 is 5.97 Å². The van der Waals surface area contributed by atoms with E-state index >= 15 is 0 Å². The minimum absolute atomic E-state index is 0.0386. The molecule has 2 rings (SSSR count). The number of aromatic nitrogens is 1. The first kappa shape index (κ1) is 15.1. The number of carbonyl (C=O) groups is 1. The maximum Gasteiger partial charge on any atom is 0.356 e. The molecule has 0 saturated heterocycles. The van der Waals surface area contributed by atoms with E-state index in [9.17, 15) is 13.6 Å². The van der Waals surface area contributed by atoms with Crippen LogP contribution in [0.1, 0.15) is 10.5 Å². The van der Waals surface area contributed by atoms with E-state index in [4.69, 9.17) is 34.0 Å². The van der Waals surface area contributed by atoms with Gasteiger partial charge in [-0.25, -0.2) is 18.6 Å². The molecule has 0 spiro atoms. The molecule has 1 aromatic heterocycles. The van der Waals surface area contributed by atoms with Crippen LogP contribution >= 0.6 is 34.1 Å². The molecular weight excluding hydrogens is 333 g/mol. The zero-order valence-corrected chi connectivity index (χ0v) is 12.1. The SMILES string of the molecule is Nc1cc([SH]2C=C(Cl)C(CF)=C2F)nc(C(=O)O)c1Cl. The number of thiol groups is 1. The lowest BCUT2D eigenvalue weighted by Crippen LogP contribution is -2.05. The number of alkyl halides is 1. The Balaban J connectivity index is 2.56. The average Bonchev–Trinajstić information content (AvgIpc) is 2.67. The van der Waals surface area contributed by atoms with Crippen LogP contribution in [0, 0.1) is 0 Å². The summed E-state index contributed by atoms with van der Waals surface area (Å²) in [6.07, 6.45) is 0. The van der Waals surface area contributed by atoms with Crippen molar-refractivity contribution in [1.82, 2.24) is 4.98 Å². The molecule has 1 aliphatic rings. The average molecular weight is 341 g/mol. The molecule has 0 bridgehead atoms. The Morgan fingerprint density at radius 1 is 1.50 bits per heavy atom. The monoisotopic (exact) mass is 340 g/mol. The van der Waals surface area contributed by atoms with E-state index in [0.29, 0.717) is 0 Å². The van der Waals surface area contributed by atoms with E-state index in [-0.39, 0.29) is 26.3 Å². The van der Waals surface area contributed by atoms with E-state index in [1.54, 1.807) is 0 Å². The lowest BCUT2D eigenvalue weighted by atomic mass is 10.3. The Kier molecular flexibility index (Phi) is 4.22. The molecule has 2 heterocycles. The van der Waals surface area contributed by atoms with Crippen LogP contribution in [0.5, 0.6) is 0 Å². The van der Waals surface area contributed by atoms with Crippen LogP contribution in [0.15, 0.2) is 32.3 Å². The molecule has 0 saturated carbocycles. The van der Waals surface area contributed by atoms with Gasteiger partial charge in [0.1, 0.15) is 6.67 Å². The number of hydrogen-bond donors (Lipinski definition) is 3. The maximum atomic E-state index is 14.0. The van der Waals surface area contributed by atoms with Crippen molar-refractivity contribution < 1.29 is 18.7 Å². The Bertz CT molecular complexity index is 664. The highest BCUT2D eigenvalue weighted by Gasteiger charge is 2.27. The summed E-state index contributed by atoms with van der Waals surface area (Å²) in [4.78, 5) is 14.8. The third kappa shape index (κ3) is 2.48. The fourth-order valence-corrected chi connectivity index (χ4v) is 4.03. The van der Waals surface area contributed by atoms with Crippen LogP contribution in [0.2, 0.25) is 5.02 Å². The van der Waals surface area contributed by atoms with Gasteiger partial charge in [-0.1, -0.05) is 23.2 Å². The second kappa shape index (κ2) is 5.59. The van der Waals surface area contributed by atoms with Gasteiger partial charge < -0.3 is 10.8 Å². The minimum atomic E-state index is -1.79. The first-order valence-corrected chi connectivity index (χ1v) is 7.34. The smallest absolute Gasteiger partial charge is 0.356 e. The van der Waals surface area contributed by atoms with Crippen LogP contribution in [-0.2, 0) is 0 Å². The van der Waals surface area contributed by atoms with Crippen molar-refractivity contribution in [2.24, 2.45) is 0 Å². The molecule has 0 aliphatic carbocycles. The molecule has 9 heteroatoms. The zero-order valence-electron chi connectivity index (χ0n) is 9.70. The van der Waals surface area contributed by atoms with Crippen LogP contribution < -0.4 is 5.73 Å². The lowest BCUT2D eigenvalue weighted by molar-refractivity contribution is 0.0690. The van der Waals surface area contributed by atoms with Crippen LogP contribution in [0.25, 0.3) is 0 Å². The van der Waals surface area contributed by atoms with Gasteiger partial charge in [0.2, 0.25) is 0 Å². The highest BCUT2D eigenvalue weighted by atomic mass is 35.5. The number of nitrogens with two attached hydrogens (primary N) is 1. The van der Waals surface area contributed by atoms with Gasteiger partial charge in [-0.15, -0.1) is 10.9 Å². The van der Waals surface area contributed by atoms with Crippen molar-refractivity contribution in [2.75, 3.05) is 12.4 Å². The molecule has 1 unspecified atom stereocenters. The molecule has 0 amide bonds. The number of nitrogen functional groups attached to an aromatic ring is 1. The minimum Gasteiger partial charge on any atom is -0.476 e. The third-order valence-corrected chi connectivity index (χ3v) is 5.37. The van der Waals surface area contributed by atoms with Crippen LogP contribution in [0.3, 0.4) is 0 Å². The molecule has 0 fully saturated rings. The molecule has 1 atom stereocenters. The number of anilines is 1. The van der Waals surface area contributed by atoms with Gasteiger partial charge in [0.05, 0.1) is 20.8 Å². The number of hydrogen-bond acceptors (Lipinski definition) is 3. The van der Waals surface area contributed by atoms with Crippen molar-refractivity contribution in [2.45, 2.75) is 5.03 Å². The molecule has 0 aromatic carbocycles. The van der Waals surface area contributed by atoms with Crippen molar-refractivity contribution in [3.63, 3.8) is 0 Å². The summed E-state index contributed by atoms with van der Waals surface area (Å²) < 4.78 is 26.7. The third-order valence-electron chi connectivity index (χ3n) is 2.55. The normalized spacial score (nSPS) is 20.2. The van der Waals surface area contributed by atoms with E-state index in [2.05, 4.69) is 4.98 Å². The number of nitrogens with zero attached hydrogens (tertiary/aromatic N) is 1. The molecule has 0 radical (unpaired) electrons. The molecule has 20 heavy (non-hydrogen) atoms. The van der Waals surface area contributed by atoms with Crippen molar-refractivity contribution in [3.05, 3.63) is 38.0 Å². The molecular formula is C11H8Cl2F2N2O2S. The highest BCUT2D eigenvalue weighted by Crippen LogP contribution is 2.54. The first-order valence-electron chi connectivity index (χ1n) is 5.17. The van der Waals surface area contributed by atoms with Crippen LogP contribution in [-0.4, -0.2) is 22.7 Å². The van der Waals surface area contributed by atoms with Gasteiger partial charge in [-0.3, -0.25) is 0 Å². The largest absolute Gasteiger partial charge is 0.476 e. The summed E-state index contributed by atoms with van der Waals surface area (Å²) in [5.41, 5.74) is 4.82. The second-order valence-electron chi connectivity index (χ2n) is 3.79. The number of pyridine rings is 1. The molecule has 1 aromatic rings. The predicted molar refractivity (Wildman–Crippen MR) is 75.9 cm³/mol. The van der Waals surface area contributed by atoms with E-state index in [0.717, 1.165) is 0 Å². The molecule has 3 N–H and O–H groups in total. The maximum absolute atomic E-state index is 14.0. The van der Waals surface area contributed by atoms with E-state index in [1.807, 2.05) is 0 Å². The number of carboxylic acid groups (broad SMARTS) is 1. The number of rotatable bonds is 3. The van der Waals surface area contributed by atoms with Crippen molar-refractivity contribution in [1.29, 1.82) is 0 Å². The Hall–Kier alpha value is -1.31. The van der Waals surface area contributed by atoms with E-state index < -0.39 is 34.4 Å². The quantitative estimate of drug-likeness (QED) is 0.734. The van der Waals surface area contributed by atoms with Gasteiger partial charge in [-0.2, -0.15) is 0 Å². The number of allylic oxidation sites excluding steroid dienone is 2. The summed E-state index contributed by atoms with van der Waals surface area (Å²) in [5, 5.41) is 9.33. The number of carboxylic acids is 1. The summed E-state index contributed by atoms with van der Waals surface area (Å²) >= 11 is 11.4. The van der Waals surface area contributed by atoms with Crippen molar-refractivity contribution >= 4 is 45.8 Å². The lowest BCUT2D eigenvalue weighted by Gasteiger charge is -2.14. The fraction of sp³-hybridized carbons (Fsp3) is 0.0909. The topological polar surface area (TPSA) is 76.2 Å². The standard InChI is InChI=1S/C11H8Cl2F2N2O2S/c12-5-3-20(10(15)4(5)2-14)7-1-6(16)8(13)9(17-7)11(18)19/h1,3,20H,2H2,(H2,16,17)(H,18,19). The molecule has 1 aliphatic heterocycles. The van der Waals surface area contributed by atoms with Crippen LogP contribution in [0.4, 0.5) is 14.5 Å². The van der Waals surface area contributed by atoms with E-state index in [1.165, 1.54) is 11.5 Å². The Morgan fingerprint density at radius 2 is 2.15 bits per heavy atom. The van der Waals surface area contributed by atoms with Gasteiger partial charge in [0, 0.05) is 5.57 Å². The molecule has 4 nitrogen and oxygen atoms in total. The number of halogens is 4. The van der Waals surface area contributed by atoms with Gasteiger partial charge in [-0.05, 0) is 11.5 Å². The highest BCUT2D eigenvalue weighted by molar-refractivity contribution is 8.23. The van der Waals surface area contributed by atoms with Gasteiger partial charge in [0.25, 0.3) is 0 Å².